The van der Waals surface area contributed by atoms with E-state index in [2.05, 4.69) is 15.0 Å². The van der Waals surface area contributed by atoms with Gasteiger partial charge in [-0.2, -0.15) is 4.98 Å². The molecule has 8 heteroatoms. The topological polar surface area (TPSA) is 96.0 Å². The second-order valence-corrected chi connectivity index (χ2v) is 3.63. The molecular weight excluding hydrogens is 238 g/mol. The maximum Gasteiger partial charge on any atom is 0.343 e. The van der Waals surface area contributed by atoms with Gasteiger partial charge in [0.15, 0.2) is 0 Å². The summed E-state index contributed by atoms with van der Waals surface area (Å²) in [7, 11) is 3.03. The summed E-state index contributed by atoms with van der Waals surface area (Å²) in [5, 5.41) is 10.7. The van der Waals surface area contributed by atoms with Crippen molar-refractivity contribution in [2.24, 2.45) is 7.05 Å². The summed E-state index contributed by atoms with van der Waals surface area (Å²) in [5.74, 6) is 0.892. The maximum absolute atomic E-state index is 10.7. The van der Waals surface area contributed by atoms with Crippen LogP contribution in [0.4, 0.5) is 5.82 Å². The Morgan fingerprint density at radius 1 is 1.44 bits per heavy atom. The molecular formula is C10H11N5O3. The number of hydrogen-bond acceptors (Lipinski definition) is 6. The second kappa shape index (κ2) is 4.40. The van der Waals surface area contributed by atoms with Crippen LogP contribution in [-0.4, -0.2) is 31.6 Å². The Labute approximate surface area is 102 Å². The molecule has 94 valence electrons. The lowest BCUT2D eigenvalue weighted by Gasteiger charge is -2.02. The smallest absolute Gasteiger partial charge is 0.343 e. The third-order valence-corrected chi connectivity index (χ3v) is 2.39. The van der Waals surface area contributed by atoms with Gasteiger partial charge in [0.25, 0.3) is 5.82 Å². The first kappa shape index (κ1) is 12.0. The van der Waals surface area contributed by atoms with Gasteiger partial charge >= 0.3 is 5.82 Å². The number of nitro groups is 1. The van der Waals surface area contributed by atoms with Crippen LogP contribution in [0.1, 0.15) is 5.69 Å². The molecule has 0 aliphatic heterocycles. The van der Waals surface area contributed by atoms with Crippen LogP contribution in [0.3, 0.4) is 0 Å². The van der Waals surface area contributed by atoms with Gasteiger partial charge in [-0.1, -0.05) is 0 Å². The van der Waals surface area contributed by atoms with Crippen LogP contribution in [0.15, 0.2) is 12.3 Å². The van der Waals surface area contributed by atoms with Crippen LogP contribution in [0, 0.1) is 17.0 Å². The molecule has 0 amide bonds. The number of rotatable bonds is 3. The predicted octanol–water partition coefficient (Wildman–Crippen LogP) is 1.10. The molecule has 2 rings (SSSR count). The first-order valence-electron chi connectivity index (χ1n) is 5.09. The first-order valence-corrected chi connectivity index (χ1v) is 5.09. The quantitative estimate of drug-likeness (QED) is 0.597. The fourth-order valence-corrected chi connectivity index (χ4v) is 1.52. The second-order valence-electron chi connectivity index (χ2n) is 3.63. The van der Waals surface area contributed by atoms with Gasteiger partial charge in [-0.05, 0) is 11.8 Å². The number of ether oxygens (including phenoxy) is 1. The number of hydrogen-bond donors (Lipinski definition) is 0. The molecule has 0 fully saturated rings. The molecule has 2 aromatic heterocycles. The van der Waals surface area contributed by atoms with E-state index in [1.807, 2.05) is 0 Å². The van der Waals surface area contributed by atoms with E-state index >= 15 is 0 Å². The van der Waals surface area contributed by atoms with E-state index in [1.54, 1.807) is 20.0 Å². The summed E-state index contributed by atoms with van der Waals surface area (Å²) in [4.78, 5) is 22.5. The third kappa shape index (κ3) is 1.99. The molecule has 0 aliphatic carbocycles. The van der Waals surface area contributed by atoms with Crippen molar-refractivity contribution in [3.8, 4) is 17.5 Å². The highest BCUT2D eigenvalue weighted by atomic mass is 16.6. The lowest BCUT2D eigenvalue weighted by atomic mass is 10.4. The molecule has 0 atom stereocenters. The summed E-state index contributed by atoms with van der Waals surface area (Å²) in [6.07, 6.45) is 1.17. The van der Waals surface area contributed by atoms with Crippen LogP contribution in [0.5, 0.6) is 5.88 Å². The standard InChI is InChI=1S/C10H11N5O3/c1-6-4-7(18-3)13-9(12-6)10-11-5-8(14(10)2)15(16)17/h4-5H,1-3H3. The van der Waals surface area contributed by atoms with E-state index in [4.69, 9.17) is 4.74 Å². The average molecular weight is 249 g/mol. The zero-order valence-electron chi connectivity index (χ0n) is 10.1. The Morgan fingerprint density at radius 2 is 2.17 bits per heavy atom. The van der Waals surface area contributed by atoms with Gasteiger partial charge in [0.2, 0.25) is 11.7 Å². The zero-order chi connectivity index (χ0) is 13.3. The minimum Gasteiger partial charge on any atom is -0.481 e. The van der Waals surface area contributed by atoms with Gasteiger partial charge in [0, 0.05) is 11.8 Å². The van der Waals surface area contributed by atoms with Gasteiger partial charge in [0.1, 0.15) is 6.20 Å². The fraction of sp³-hybridized carbons (Fsp3) is 0.300. The molecule has 2 heterocycles. The van der Waals surface area contributed by atoms with Crippen LogP contribution in [-0.2, 0) is 7.05 Å². The number of aromatic nitrogens is 4. The van der Waals surface area contributed by atoms with E-state index in [0.29, 0.717) is 23.2 Å². The number of methoxy groups -OCH3 is 1. The van der Waals surface area contributed by atoms with Gasteiger partial charge in [-0.25, -0.2) is 14.5 Å². The number of imidazole rings is 1. The van der Waals surface area contributed by atoms with Crippen molar-refractivity contribution < 1.29 is 9.66 Å². The van der Waals surface area contributed by atoms with E-state index in [-0.39, 0.29) is 5.82 Å². The first-order chi connectivity index (χ1) is 8.52. The number of aryl methyl sites for hydroxylation is 1. The lowest BCUT2D eigenvalue weighted by molar-refractivity contribution is -0.391. The molecule has 0 radical (unpaired) electrons. The molecule has 8 nitrogen and oxygen atoms in total. The molecule has 0 aliphatic rings. The largest absolute Gasteiger partial charge is 0.481 e. The van der Waals surface area contributed by atoms with Crippen molar-refractivity contribution in [1.29, 1.82) is 0 Å². The highest BCUT2D eigenvalue weighted by Crippen LogP contribution is 2.21. The number of nitrogens with zero attached hydrogens (tertiary/aromatic N) is 5. The van der Waals surface area contributed by atoms with E-state index in [0.717, 1.165) is 0 Å². The third-order valence-electron chi connectivity index (χ3n) is 2.39. The summed E-state index contributed by atoms with van der Waals surface area (Å²) in [6.45, 7) is 1.78. The van der Waals surface area contributed by atoms with Gasteiger partial charge in [-0.3, -0.25) is 0 Å². The molecule has 2 aromatic rings. The van der Waals surface area contributed by atoms with Crippen molar-refractivity contribution >= 4 is 5.82 Å². The van der Waals surface area contributed by atoms with Crippen LogP contribution < -0.4 is 4.74 Å². The highest BCUT2D eigenvalue weighted by molar-refractivity contribution is 5.48. The summed E-state index contributed by atoms with van der Waals surface area (Å²) in [6, 6.07) is 1.67. The summed E-state index contributed by atoms with van der Waals surface area (Å²) >= 11 is 0. The van der Waals surface area contributed by atoms with Crippen molar-refractivity contribution in [3.05, 3.63) is 28.1 Å². The van der Waals surface area contributed by atoms with Gasteiger partial charge in [0.05, 0.1) is 14.2 Å². The Balaban J connectivity index is 2.55. The van der Waals surface area contributed by atoms with Gasteiger partial charge in [-0.15, -0.1) is 0 Å². The molecule has 0 saturated heterocycles. The van der Waals surface area contributed by atoms with Crippen molar-refractivity contribution in [2.45, 2.75) is 6.92 Å². The molecule has 0 N–H and O–H groups in total. The SMILES string of the molecule is COc1cc(C)nc(-c2ncc([N+](=O)[O-])n2C)n1. The molecule has 0 bridgehead atoms. The van der Waals surface area contributed by atoms with E-state index in [9.17, 15) is 10.1 Å². The van der Waals surface area contributed by atoms with Crippen LogP contribution in [0.25, 0.3) is 11.6 Å². The van der Waals surface area contributed by atoms with Crippen LogP contribution >= 0.6 is 0 Å². The fourth-order valence-electron chi connectivity index (χ4n) is 1.52. The lowest BCUT2D eigenvalue weighted by Crippen LogP contribution is -2.03. The zero-order valence-corrected chi connectivity index (χ0v) is 10.1. The minimum atomic E-state index is -0.510. The summed E-state index contributed by atoms with van der Waals surface area (Å²) < 4.78 is 6.36. The van der Waals surface area contributed by atoms with Gasteiger partial charge < -0.3 is 14.9 Å². The maximum atomic E-state index is 10.7. The Hall–Kier alpha value is -2.51. The minimum absolute atomic E-state index is 0.117. The Morgan fingerprint density at radius 3 is 2.72 bits per heavy atom. The molecule has 0 aromatic carbocycles. The van der Waals surface area contributed by atoms with Crippen LogP contribution in [0.2, 0.25) is 0 Å². The van der Waals surface area contributed by atoms with Crippen molar-refractivity contribution in [3.63, 3.8) is 0 Å². The average Bonchev–Trinajstić information content (AvgIpc) is 2.70. The highest BCUT2D eigenvalue weighted by Gasteiger charge is 2.20. The van der Waals surface area contributed by atoms with Crippen molar-refractivity contribution in [2.75, 3.05) is 7.11 Å². The monoisotopic (exact) mass is 249 g/mol. The normalized spacial score (nSPS) is 10.4. The van der Waals surface area contributed by atoms with Crippen molar-refractivity contribution in [1.82, 2.24) is 19.5 Å². The predicted molar refractivity (Wildman–Crippen MR) is 62.2 cm³/mol. The molecule has 0 saturated carbocycles. The molecule has 18 heavy (non-hydrogen) atoms. The Bertz CT molecular complexity index is 608. The molecule has 0 spiro atoms. The molecule has 0 unspecified atom stereocenters. The summed E-state index contributed by atoms with van der Waals surface area (Å²) in [5.41, 5.74) is 0.697. The Kier molecular flexibility index (Phi) is 2.92. The van der Waals surface area contributed by atoms with E-state index in [1.165, 1.54) is 17.9 Å². The van der Waals surface area contributed by atoms with E-state index < -0.39 is 4.92 Å².